The van der Waals surface area contributed by atoms with E-state index in [2.05, 4.69) is 6.58 Å². The molecular formula is C9H10Cl2O2. The normalized spacial score (nSPS) is 25.4. The molecule has 1 aliphatic carbocycles. The highest BCUT2D eigenvalue weighted by atomic mass is 35.5. The Labute approximate surface area is 87.1 Å². The van der Waals surface area contributed by atoms with Crippen molar-refractivity contribution in [3.8, 4) is 0 Å². The summed E-state index contributed by atoms with van der Waals surface area (Å²) in [4.78, 5) is 0. The van der Waals surface area contributed by atoms with Gasteiger partial charge in [0.15, 0.2) is 10.4 Å². The number of aliphatic hydroxyl groups is 1. The standard InChI is InChI=1S/C9H10Cl2O2/c1-2-6-13-8-7(12)4-3-5-9(8,10)11/h2-5,8,12H,1,6H2. The SMILES string of the molecule is C=CCOC1C(O)=CC=CC1(Cl)Cl. The molecule has 4 heteroatoms. The van der Waals surface area contributed by atoms with E-state index in [1.807, 2.05) is 0 Å². The maximum Gasteiger partial charge on any atom is 0.169 e. The fourth-order valence-corrected chi connectivity index (χ4v) is 1.50. The third-order valence-electron chi connectivity index (χ3n) is 1.58. The molecule has 0 aliphatic heterocycles. The lowest BCUT2D eigenvalue weighted by atomic mass is 10.1. The second-order valence-corrected chi connectivity index (χ2v) is 4.07. The van der Waals surface area contributed by atoms with Crippen molar-refractivity contribution in [2.24, 2.45) is 0 Å². The van der Waals surface area contributed by atoms with E-state index < -0.39 is 10.4 Å². The van der Waals surface area contributed by atoms with Crippen LogP contribution in [0.2, 0.25) is 0 Å². The fraction of sp³-hybridized carbons (Fsp3) is 0.333. The Bertz CT molecular complexity index is 256. The molecule has 72 valence electrons. The topological polar surface area (TPSA) is 29.5 Å². The van der Waals surface area contributed by atoms with Crippen LogP contribution in [0.25, 0.3) is 0 Å². The van der Waals surface area contributed by atoms with E-state index >= 15 is 0 Å². The highest BCUT2D eigenvalue weighted by molar-refractivity contribution is 6.50. The third-order valence-corrected chi connectivity index (χ3v) is 2.23. The number of aliphatic hydroxyl groups excluding tert-OH is 1. The van der Waals surface area contributed by atoms with Crippen LogP contribution in [0, 0.1) is 0 Å². The van der Waals surface area contributed by atoms with Crippen molar-refractivity contribution in [3.63, 3.8) is 0 Å². The van der Waals surface area contributed by atoms with Crippen molar-refractivity contribution < 1.29 is 9.84 Å². The van der Waals surface area contributed by atoms with E-state index in [9.17, 15) is 5.11 Å². The van der Waals surface area contributed by atoms with E-state index in [1.54, 1.807) is 18.2 Å². The van der Waals surface area contributed by atoms with Gasteiger partial charge in [-0.1, -0.05) is 35.4 Å². The van der Waals surface area contributed by atoms with E-state index in [4.69, 9.17) is 27.9 Å². The summed E-state index contributed by atoms with van der Waals surface area (Å²) < 4.78 is 4.00. The van der Waals surface area contributed by atoms with Gasteiger partial charge in [0, 0.05) is 0 Å². The van der Waals surface area contributed by atoms with Gasteiger partial charge in [0.05, 0.1) is 6.61 Å². The van der Waals surface area contributed by atoms with Gasteiger partial charge < -0.3 is 9.84 Å². The van der Waals surface area contributed by atoms with Gasteiger partial charge in [-0.05, 0) is 12.2 Å². The van der Waals surface area contributed by atoms with Crippen LogP contribution >= 0.6 is 23.2 Å². The molecule has 2 nitrogen and oxygen atoms in total. The minimum absolute atomic E-state index is 0.0225. The number of alkyl halides is 2. The molecule has 0 heterocycles. The number of ether oxygens (including phenoxy) is 1. The van der Waals surface area contributed by atoms with E-state index in [-0.39, 0.29) is 12.4 Å². The number of hydrogen-bond donors (Lipinski definition) is 1. The van der Waals surface area contributed by atoms with Crippen LogP contribution in [-0.2, 0) is 4.74 Å². The summed E-state index contributed by atoms with van der Waals surface area (Å²) in [6.45, 7) is 3.78. The quantitative estimate of drug-likeness (QED) is 0.586. The van der Waals surface area contributed by atoms with Crippen LogP contribution < -0.4 is 0 Å². The lowest BCUT2D eigenvalue weighted by molar-refractivity contribution is 0.0641. The molecule has 0 saturated carbocycles. The van der Waals surface area contributed by atoms with Crippen LogP contribution in [0.15, 0.2) is 36.6 Å². The zero-order chi connectivity index (χ0) is 9.90. The van der Waals surface area contributed by atoms with Crippen molar-refractivity contribution in [1.82, 2.24) is 0 Å². The molecule has 0 aromatic carbocycles. The maximum absolute atomic E-state index is 9.41. The van der Waals surface area contributed by atoms with E-state index in [0.717, 1.165) is 0 Å². The molecule has 0 aromatic heterocycles. The van der Waals surface area contributed by atoms with Crippen LogP contribution in [-0.4, -0.2) is 22.2 Å². The molecule has 1 atom stereocenters. The second kappa shape index (κ2) is 4.18. The molecule has 1 rings (SSSR count). The average molecular weight is 221 g/mol. The first-order valence-electron chi connectivity index (χ1n) is 3.76. The first kappa shape index (κ1) is 10.6. The van der Waals surface area contributed by atoms with Gasteiger partial charge in [-0.2, -0.15) is 0 Å². The first-order valence-corrected chi connectivity index (χ1v) is 4.52. The van der Waals surface area contributed by atoms with E-state index in [1.165, 1.54) is 6.08 Å². The van der Waals surface area contributed by atoms with Gasteiger partial charge in [-0.25, -0.2) is 0 Å². The number of hydrogen-bond acceptors (Lipinski definition) is 2. The molecular weight excluding hydrogens is 211 g/mol. The van der Waals surface area contributed by atoms with Crippen molar-refractivity contribution in [1.29, 1.82) is 0 Å². The van der Waals surface area contributed by atoms with Gasteiger partial charge >= 0.3 is 0 Å². The molecule has 0 aromatic rings. The Morgan fingerprint density at radius 3 is 2.92 bits per heavy atom. The first-order chi connectivity index (χ1) is 6.08. The molecule has 0 amide bonds. The predicted molar refractivity (Wildman–Crippen MR) is 54.2 cm³/mol. The Hall–Kier alpha value is -0.440. The highest BCUT2D eigenvalue weighted by Gasteiger charge is 2.37. The average Bonchev–Trinajstić information content (AvgIpc) is 2.02. The van der Waals surface area contributed by atoms with Crippen LogP contribution in [0.3, 0.4) is 0 Å². The summed E-state index contributed by atoms with van der Waals surface area (Å²) >= 11 is 11.8. The van der Waals surface area contributed by atoms with Crippen molar-refractivity contribution in [3.05, 3.63) is 36.6 Å². The summed E-state index contributed by atoms with van der Waals surface area (Å²) in [6.07, 6.45) is 5.48. The summed E-state index contributed by atoms with van der Waals surface area (Å²) in [5, 5.41) is 9.41. The highest BCUT2D eigenvalue weighted by Crippen LogP contribution is 2.35. The molecule has 1 aliphatic rings. The molecule has 0 bridgehead atoms. The van der Waals surface area contributed by atoms with E-state index in [0.29, 0.717) is 0 Å². The van der Waals surface area contributed by atoms with Crippen LogP contribution in [0.4, 0.5) is 0 Å². The van der Waals surface area contributed by atoms with Gasteiger partial charge in [0.25, 0.3) is 0 Å². The Kier molecular flexibility index (Phi) is 3.42. The molecule has 0 fully saturated rings. The molecule has 1 unspecified atom stereocenters. The predicted octanol–water partition coefficient (Wildman–Crippen LogP) is 2.74. The van der Waals surface area contributed by atoms with Crippen LogP contribution in [0.1, 0.15) is 0 Å². The lowest BCUT2D eigenvalue weighted by Gasteiger charge is -2.28. The minimum Gasteiger partial charge on any atom is -0.509 e. The summed E-state index contributed by atoms with van der Waals surface area (Å²) in [7, 11) is 0. The van der Waals surface area contributed by atoms with Crippen LogP contribution in [0.5, 0.6) is 0 Å². The molecule has 1 N–H and O–H groups in total. The second-order valence-electron chi connectivity index (χ2n) is 2.63. The molecule has 0 saturated heterocycles. The van der Waals surface area contributed by atoms with Gasteiger partial charge in [-0.15, -0.1) is 6.58 Å². The van der Waals surface area contributed by atoms with Gasteiger partial charge in [-0.3, -0.25) is 0 Å². The zero-order valence-corrected chi connectivity index (χ0v) is 8.42. The fourth-order valence-electron chi connectivity index (χ4n) is 1.01. The van der Waals surface area contributed by atoms with Crippen molar-refractivity contribution in [2.75, 3.05) is 6.61 Å². The number of rotatable bonds is 3. The number of allylic oxidation sites excluding steroid dienone is 2. The minimum atomic E-state index is -1.21. The largest absolute Gasteiger partial charge is 0.509 e. The third kappa shape index (κ3) is 2.50. The zero-order valence-electron chi connectivity index (χ0n) is 6.91. The Balaban J connectivity index is 2.73. The number of halogens is 2. The summed E-state index contributed by atoms with van der Waals surface area (Å²) in [6, 6.07) is 0. The molecule has 0 spiro atoms. The molecule has 13 heavy (non-hydrogen) atoms. The lowest BCUT2D eigenvalue weighted by Crippen LogP contribution is -2.35. The Morgan fingerprint density at radius 1 is 1.69 bits per heavy atom. The summed E-state index contributed by atoms with van der Waals surface area (Å²) in [5.74, 6) is 0.0225. The monoisotopic (exact) mass is 220 g/mol. The van der Waals surface area contributed by atoms with Crippen molar-refractivity contribution in [2.45, 2.75) is 10.4 Å². The maximum atomic E-state index is 9.41. The van der Waals surface area contributed by atoms with Gasteiger partial charge in [0.2, 0.25) is 0 Å². The van der Waals surface area contributed by atoms with Crippen molar-refractivity contribution >= 4 is 23.2 Å². The smallest absolute Gasteiger partial charge is 0.169 e. The summed E-state index contributed by atoms with van der Waals surface area (Å²) in [5.41, 5.74) is 0. The van der Waals surface area contributed by atoms with Gasteiger partial charge in [0.1, 0.15) is 5.76 Å². The molecule has 0 radical (unpaired) electrons. The Morgan fingerprint density at radius 2 is 2.38 bits per heavy atom.